The zero-order chi connectivity index (χ0) is 22.5. The fourth-order valence-electron chi connectivity index (χ4n) is 2.55. The average molecular weight is 418 g/mol. The van der Waals surface area contributed by atoms with Gasteiger partial charge in [-0.25, -0.2) is 14.4 Å². The molecule has 2 rings (SSSR count). The maximum absolute atomic E-state index is 13.0. The number of benzene rings is 2. The molecule has 0 aliphatic heterocycles. The predicted octanol–water partition coefficient (Wildman–Crippen LogP) is 1.01. The first-order valence-corrected chi connectivity index (χ1v) is 8.37. The lowest BCUT2D eigenvalue weighted by atomic mass is 9.86. The second-order valence-corrected chi connectivity index (χ2v) is 5.96. The Hall–Kier alpha value is -3.92. The summed E-state index contributed by atoms with van der Waals surface area (Å²) >= 11 is 0. The van der Waals surface area contributed by atoms with Gasteiger partial charge in [-0.3, -0.25) is 4.79 Å². The number of carbonyl (C=O) groups excluding carboxylic acids is 2. The van der Waals surface area contributed by atoms with E-state index in [9.17, 15) is 34.5 Å². The first kappa shape index (κ1) is 22.4. The Morgan fingerprint density at radius 1 is 0.800 bits per heavy atom. The molecule has 2 aromatic rings. The predicted molar refractivity (Wildman–Crippen MR) is 99.7 cm³/mol. The summed E-state index contributed by atoms with van der Waals surface area (Å²) in [6, 6.07) is 10.1. The lowest BCUT2D eigenvalue weighted by molar-refractivity contribution is -0.176. The first-order chi connectivity index (χ1) is 14.2. The highest BCUT2D eigenvalue weighted by Crippen LogP contribution is 2.27. The quantitative estimate of drug-likeness (QED) is 0.305. The number of carboxylic acids is 2. The van der Waals surface area contributed by atoms with Crippen molar-refractivity contribution < 1.29 is 48.7 Å². The van der Waals surface area contributed by atoms with Gasteiger partial charge in [-0.1, -0.05) is 0 Å². The minimum absolute atomic E-state index is 0.193. The molecule has 0 bridgehead atoms. The summed E-state index contributed by atoms with van der Waals surface area (Å²) in [6.07, 6.45) is -2.88. The number of aliphatic hydroxyl groups is 1. The summed E-state index contributed by atoms with van der Waals surface area (Å²) in [4.78, 5) is 48.9. The Balaban J connectivity index is 2.53. The Morgan fingerprint density at radius 2 is 1.23 bits per heavy atom. The smallest absolute Gasteiger partial charge is 0.360 e. The Kier molecular flexibility index (Phi) is 6.75. The SMILES string of the molecule is COc1ccc(C(=O)O[C@@](C(=O)O)(C(=O)c2ccc(OC)cc2)[C@H](O)C(=O)O)cc1. The molecule has 0 aliphatic carbocycles. The van der Waals surface area contributed by atoms with E-state index in [0.29, 0.717) is 11.5 Å². The van der Waals surface area contributed by atoms with Crippen molar-refractivity contribution in [3.05, 3.63) is 59.7 Å². The number of aliphatic carboxylic acids is 2. The van der Waals surface area contributed by atoms with Crippen LogP contribution in [-0.2, 0) is 14.3 Å². The molecule has 0 radical (unpaired) electrons. The van der Waals surface area contributed by atoms with Gasteiger partial charge >= 0.3 is 23.5 Å². The number of ether oxygens (including phenoxy) is 3. The van der Waals surface area contributed by atoms with Gasteiger partial charge < -0.3 is 29.5 Å². The van der Waals surface area contributed by atoms with E-state index in [1.807, 2.05) is 0 Å². The van der Waals surface area contributed by atoms with Crippen LogP contribution < -0.4 is 9.47 Å². The highest BCUT2D eigenvalue weighted by Gasteiger charge is 2.59. The van der Waals surface area contributed by atoms with Gasteiger partial charge in [-0.15, -0.1) is 0 Å². The third-order valence-corrected chi connectivity index (χ3v) is 4.21. The van der Waals surface area contributed by atoms with Crippen molar-refractivity contribution in [2.24, 2.45) is 0 Å². The molecule has 0 fully saturated rings. The van der Waals surface area contributed by atoms with E-state index in [0.717, 1.165) is 12.1 Å². The molecule has 0 heterocycles. The van der Waals surface area contributed by atoms with E-state index < -0.39 is 35.4 Å². The van der Waals surface area contributed by atoms with Crippen LogP contribution >= 0.6 is 0 Å². The third kappa shape index (κ3) is 4.23. The van der Waals surface area contributed by atoms with E-state index in [4.69, 9.17) is 14.2 Å². The Labute approximate surface area is 170 Å². The van der Waals surface area contributed by atoms with Crippen LogP contribution in [-0.4, -0.2) is 64.9 Å². The number of methoxy groups -OCH3 is 2. The molecule has 158 valence electrons. The molecular formula is C20H18O10. The molecule has 10 heteroatoms. The van der Waals surface area contributed by atoms with E-state index >= 15 is 0 Å². The Bertz CT molecular complexity index is 949. The molecule has 2 atom stereocenters. The van der Waals surface area contributed by atoms with Crippen molar-refractivity contribution >= 4 is 23.7 Å². The monoisotopic (exact) mass is 418 g/mol. The molecule has 0 spiro atoms. The maximum Gasteiger partial charge on any atom is 0.360 e. The van der Waals surface area contributed by atoms with E-state index in [2.05, 4.69) is 0 Å². The van der Waals surface area contributed by atoms with Crippen LogP contribution in [0.2, 0.25) is 0 Å². The lowest BCUT2D eigenvalue weighted by Crippen LogP contribution is -2.61. The van der Waals surface area contributed by atoms with Crippen molar-refractivity contribution in [1.82, 2.24) is 0 Å². The second-order valence-electron chi connectivity index (χ2n) is 5.96. The van der Waals surface area contributed by atoms with E-state index in [1.165, 1.54) is 50.6 Å². The van der Waals surface area contributed by atoms with Crippen molar-refractivity contribution in [3.8, 4) is 11.5 Å². The summed E-state index contributed by atoms with van der Waals surface area (Å²) in [5.74, 6) is -6.27. The molecular weight excluding hydrogens is 400 g/mol. The van der Waals surface area contributed by atoms with Gasteiger partial charge in [0, 0.05) is 5.56 Å². The highest BCUT2D eigenvalue weighted by atomic mass is 16.6. The van der Waals surface area contributed by atoms with Gasteiger partial charge in [0.2, 0.25) is 11.9 Å². The topological polar surface area (TPSA) is 157 Å². The maximum atomic E-state index is 13.0. The number of ketones is 1. The summed E-state index contributed by atoms with van der Waals surface area (Å²) in [6.45, 7) is 0. The van der Waals surface area contributed by atoms with Crippen LogP contribution in [0.25, 0.3) is 0 Å². The molecule has 0 aliphatic rings. The standard InChI is InChI=1S/C20H18O10/c1-28-13-7-3-11(4-8-13)15(21)20(19(26)27,16(22)17(23)24)30-18(25)12-5-9-14(29-2)10-6-12/h3-10,16,22H,1-2H3,(H,23,24)(H,26,27)/t16-,20+/m1/s1. The van der Waals surface area contributed by atoms with Gasteiger partial charge in [-0.05, 0) is 48.5 Å². The van der Waals surface area contributed by atoms with Gasteiger partial charge in [-0.2, -0.15) is 0 Å². The summed E-state index contributed by atoms with van der Waals surface area (Å²) in [5, 5.41) is 29.0. The average Bonchev–Trinajstić information content (AvgIpc) is 2.76. The third-order valence-electron chi connectivity index (χ3n) is 4.21. The van der Waals surface area contributed by atoms with Crippen molar-refractivity contribution in [1.29, 1.82) is 0 Å². The second kappa shape index (κ2) is 9.05. The number of rotatable bonds is 9. The van der Waals surface area contributed by atoms with Gasteiger partial charge in [0.05, 0.1) is 19.8 Å². The molecule has 0 amide bonds. The molecule has 2 aromatic carbocycles. The van der Waals surface area contributed by atoms with E-state index in [1.54, 1.807) is 0 Å². The van der Waals surface area contributed by atoms with Gasteiger partial charge in [0.15, 0.2) is 0 Å². The van der Waals surface area contributed by atoms with Crippen LogP contribution in [0.3, 0.4) is 0 Å². The fourth-order valence-corrected chi connectivity index (χ4v) is 2.55. The number of esters is 1. The number of hydrogen-bond donors (Lipinski definition) is 3. The van der Waals surface area contributed by atoms with Crippen LogP contribution in [0.15, 0.2) is 48.5 Å². The number of hydrogen-bond acceptors (Lipinski definition) is 8. The summed E-state index contributed by atoms with van der Waals surface area (Å²) in [7, 11) is 2.75. The van der Waals surface area contributed by atoms with Crippen molar-refractivity contribution in [3.63, 3.8) is 0 Å². The normalized spacial score (nSPS) is 13.4. The Morgan fingerprint density at radius 3 is 1.60 bits per heavy atom. The van der Waals surface area contributed by atoms with Crippen molar-refractivity contribution in [2.45, 2.75) is 11.7 Å². The number of carbonyl (C=O) groups is 4. The molecule has 10 nitrogen and oxygen atoms in total. The van der Waals surface area contributed by atoms with Gasteiger partial charge in [0.1, 0.15) is 11.5 Å². The molecule has 0 unspecified atom stereocenters. The highest BCUT2D eigenvalue weighted by molar-refractivity contribution is 6.19. The number of aliphatic hydroxyl groups excluding tert-OH is 1. The fraction of sp³-hybridized carbons (Fsp3) is 0.200. The minimum Gasteiger partial charge on any atom is -0.497 e. The van der Waals surface area contributed by atoms with Crippen molar-refractivity contribution in [2.75, 3.05) is 14.2 Å². The van der Waals surface area contributed by atoms with Crippen LogP contribution in [0, 0.1) is 0 Å². The molecule has 30 heavy (non-hydrogen) atoms. The summed E-state index contributed by atoms with van der Waals surface area (Å²) in [5.41, 5.74) is -3.94. The van der Waals surface area contributed by atoms with E-state index in [-0.39, 0.29) is 11.1 Å². The zero-order valence-electron chi connectivity index (χ0n) is 15.9. The molecule has 0 saturated carbocycles. The van der Waals surface area contributed by atoms with Crippen LogP contribution in [0.5, 0.6) is 11.5 Å². The molecule has 0 saturated heterocycles. The largest absolute Gasteiger partial charge is 0.497 e. The number of Topliss-reactive ketones (excluding diaryl/α,β-unsaturated/α-hetero) is 1. The molecule has 3 N–H and O–H groups in total. The van der Waals surface area contributed by atoms with Crippen LogP contribution in [0.4, 0.5) is 0 Å². The van der Waals surface area contributed by atoms with Crippen LogP contribution in [0.1, 0.15) is 20.7 Å². The minimum atomic E-state index is -3.43. The van der Waals surface area contributed by atoms with Gasteiger partial charge in [0.25, 0.3) is 0 Å². The zero-order valence-corrected chi connectivity index (χ0v) is 15.9. The first-order valence-electron chi connectivity index (χ1n) is 8.37. The summed E-state index contributed by atoms with van der Waals surface area (Å²) < 4.78 is 14.8. The number of carboxylic acid groups (broad SMARTS) is 2. The lowest BCUT2D eigenvalue weighted by Gasteiger charge is -2.30. The molecule has 0 aromatic heterocycles.